The van der Waals surface area contributed by atoms with Crippen LogP contribution < -0.4 is 5.32 Å². The Morgan fingerprint density at radius 1 is 1.33 bits per heavy atom. The summed E-state index contributed by atoms with van der Waals surface area (Å²) in [5.41, 5.74) is 1.81. The molecule has 6 heteroatoms. The van der Waals surface area contributed by atoms with E-state index >= 15 is 0 Å². The van der Waals surface area contributed by atoms with Crippen LogP contribution in [0, 0.1) is 6.92 Å². The number of hydrogen-bond acceptors (Lipinski definition) is 4. The predicted molar refractivity (Wildman–Crippen MR) is 70.9 cm³/mol. The summed E-state index contributed by atoms with van der Waals surface area (Å²) < 4.78 is 1.58. The highest BCUT2D eigenvalue weighted by atomic mass is 35.5. The molecule has 2 aromatic heterocycles. The van der Waals surface area contributed by atoms with E-state index in [2.05, 4.69) is 34.2 Å². The standard InChI is InChI=1S/C12H16ClN5/c1-8(2)14-4-10-5-15-12(16-6-10)18-7-11(13)9(3)17-18/h5-8,14H,4H2,1-3H3. The highest BCUT2D eigenvalue weighted by molar-refractivity contribution is 6.31. The maximum Gasteiger partial charge on any atom is 0.250 e. The van der Waals surface area contributed by atoms with Crippen LogP contribution in [0.15, 0.2) is 18.6 Å². The number of aryl methyl sites for hydroxylation is 1. The zero-order chi connectivity index (χ0) is 13.1. The van der Waals surface area contributed by atoms with Gasteiger partial charge in [-0.2, -0.15) is 5.10 Å². The van der Waals surface area contributed by atoms with E-state index in [1.807, 2.05) is 6.92 Å². The van der Waals surface area contributed by atoms with Gasteiger partial charge in [0.1, 0.15) is 0 Å². The molecule has 18 heavy (non-hydrogen) atoms. The van der Waals surface area contributed by atoms with Gasteiger partial charge in [0.15, 0.2) is 0 Å². The van der Waals surface area contributed by atoms with Gasteiger partial charge < -0.3 is 5.32 Å². The molecule has 0 aromatic carbocycles. The van der Waals surface area contributed by atoms with Crippen molar-refractivity contribution in [2.24, 2.45) is 0 Å². The second kappa shape index (κ2) is 5.46. The third-order valence-electron chi connectivity index (χ3n) is 2.45. The van der Waals surface area contributed by atoms with Crippen LogP contribution in [0.4, 0.5) is 0 Å². The summed E-state index contributed by atoms with van der Waals surface area (Å²) in [6.45, 7) is 6.81. The Balaban J connectivity index is 2.12. The second-order valence-electron chi connectivity index (χ2n) is 4.43. The van der Waals surface area contributed by atoms with E-state index < -0.39 is 0 Å². The molecule has 0 saturated carbocycles. The van der Waals surface area contributed by atoms with Gasteiger partial charge in [-0.1, -0.05) is 25.4 Å². The minimum Gasteiger partial charge on any atom is -0.310 e. The van der Waals surface area contributed by atoms with Crippen molar-refractivity contribution in [3.05, 3.63) is 34.9 Å². The quantitative estimate of drug-likeness (QED) is 0.920. The molecule has 0 aliphatic carbocycles. The fraction of sp³-hybridized carbons (Fsp3) is 0.417. The number of aromatic nitrogens is 4. The molecule has 5 nitrogen and oxygen atoms in total. The van der Waals surface area contributed by atoms with Crippen molar-refractivity contribution < 1.29 is 0 Å². The monoisotopic (exact) mass is 265 g/mol. The third-order valence-corrected chi connectivity index (χ3v) is 2.82. The van der Waals surface area contributed by atoms with Crippen molar-refractivity contribution >= 4 is 11.6 Å². The predicted octanol–water partition coefficient (Wildman–Crippen LogP) is 2.12. The molecule has 2 aromatic rings. The topological polar surface area (TPSA) is 55.6 Å². The highest BCUT2D eigenvalue weighted by Crippen LogP contribution is 2.14. The van der Waals surface area contributed by atoms with Gasteiger partial charge in [-0.05, 0) is 6.92 Å². The molecule has 0 saturated heterocycles. The fourth-order valence-electron chi connectivity index (χ4n) is 1.42. The molecule has 0 fully saturated rings. The Morgan fingerprint density at radius 2 is 2.00 bits per heavy atom. The van der Waals surface area contributed by atoms with Crippen LogP contribution in [0.5, 0.6) is 0 Å². The number of hydrogen-bond donors (Lipinski definition) is 1. The van der Waals surface area contributed by atoms with Crippen molar-refractivity contribution in [3.63, 3.8) is 0 Å². The Hall–Kier alpha value is -1.46. The van der Waals surface area contributed by atoms with Gasteiger partial charge in [-0.25, -0.2) is 14.6 Å². The van der Waals surface area contributed by atoms with Gasteiger partial charge in [-0.3, -0.25) is 0 Å². The lowest BCUT2D eigenvalue weighted by Crippen LogP contribution is -2.22. The van der Waals surface area contributed by atoms with Crippen molar-refractivity contribution in [1.82, 2.24) is 25.1 Å². The van der Waals surface area contributed by atoms with E-state index in [0.29, 0.717) is 17.0 Å². The van der Waals surface area contributed by atoms with Crippen LogP contribution in [-0.4, -0.2) is 25.8 Å². The van der Waals surface area contributed by atoms with Crippen LogP contribution in [0.1, 0.15) is 25.1 Å². The zero-order valence-corrected chi connectivity index (χ0v) is 11.4. The summed E-state index contributed by atoms with van der Waals surface area (Å²) in [5, 5.41) is 8.15. The first-order valence-corrected chi connectivity index (χ1v) is 6.20. The zero-order valence-electron chi connectivity index (χ0n) is 10.7. The summed E-state index contributed by atoms with van der Waals surface area (Å²) in [6.07, 6.45) is 5.30. The lowest BCUT2D eigenvalue weighted by atomic mass is 10.3. The van der Waals surface area contributed by atoms with E-state index in [-0.39, 0.29) is 0 Å². The van der Waals surface area contributed by atoms with Gasteiger partial charge >= 0.3 is 0 Å². The van der Waals surface area contributed by atoms with Crippen LogP contribution in [-0.2, 0) is 6.54 Å². The van der Waals surface area contributed by atoms with Crippen molar-refractivity contribution in [2.75, 3.05) is 0 Å². The Morgan fingerprint density at radius 3 is 2.50 bits per heavy atom. The minimum absolute atomic E-state index is 0.442. The molecule has 0 bridgehead atoms. The minimum atomic E-state index is 0.442. The SMILES string of the molecule is Cc1nn(-c2ncc(CNC(C)C)cn2)cc1Cl. The van der Waals surface area contributed by atoms with E-state index in [0.717, 1.165) is 17.8 Å². The summed E-state index contributed by atoms with van der Waals surface area (Å²) in [4.78, 5) is 8.54. The van der Waals surface area contributed by atoms with E-state index in [9.17, 15) is 0 Å². The summed E-state index contributed by atoms with van der Waals surface area (Å²) in [6, 6.07) is 0.442. The Kier molecular flexibility index (Phi) is 3.93. The van der Waals surface area contributed by atoms with Crippen LogP contribution in [0.3, 0.4) is 0 Å². The molecule has 2 rings (SSSR count). The van der Waals surface area contributed by atoms with Gasteiger partial charge in [-0.15, -0.1) is 0 Å². The average Bonchev–Trinajstić information content (AvgIpc) is 2.68. The summed E-state index contributed by atoms with van der Waals surface area (Å²) >= 11 is 5.95. The van der Waals surface area contributed by atoms with Crippen LogP contribution in [0.2, 0.25) is 5.02 Å². The lowest BCUT2D eigenvalue weighted by Gasteiger charge is -2.07. The molecule has 1 N–H and O–H groups in total. The molecular formula is C12H16ClN5. The Labute approximate surface area is 111 Å². The van der Waals surface area contributed by atoms with Crippen LogP contribution in [0.25, 0.3) is 5.95 Å². The highest BCUT2D eigenvalue weighted by Gasteiger charge is 2.06. The molecule has 0 radical (unpaired) electrons. The molecule has 0 aliphatic rings. The van der Waals surface area contributed by atoms with Crippen molar-refractivity contribution in [2.45, 2.75) is 33.4 Å². The second-order valence-corrected chi connectivity index (χ2v) is 4.84. The van der Waals surface area contributed by atoms with Gasteiger partial charge in [0.05, 0.1) is 16.9 Å². The van der Waals surface area contributed by atoms with Gasteiger partial charge in [0, 0.05) is 30.5 Å². The van der Waals surface area contributed by atoms with E-state index in [4.69, 9.17) is 11.6 Å². The molecule has 0 spiro atoms. The maximum atomic E-state index is 5.95. The maximum absolute atomic E-state index is 5.95. The van der Waals surface area contributed by atoms with Crippen molar-refractivity contribution in [3.8, 4) is 5.95 Å². The first-order valence-electron chi connectivity index (χ1n) is 5.82. The molecule has 2 heterocycles. The summed E-state index contributed by atoms with van der Waals surface area (Å²) in [7, 11) is 0. The van der Waals surface area contributed by atoms with Crippen LogP contribution >= 0.6 is 11.6 Å². The Bertz CT molecular complexity index is 498. The molecule has 0 aliphatic heterocycles. The molecule has 0 atom stereocenters. The number of rotatable bonds is 4. The van der Waals surface area contributed by atoms with Gasteiger partial charge in [0.25, 0.3) is 0 Å². The van der Waals surface area contributed by atoms with Crippen molar-refractivity contribution in [1.29, 1.82) is 0 Å². The molecule has 0 unspecified atom stereocenters. The third kappa shape index (κ3) is 3.05. The number of nitrogens with one attached hydrogen (secondary N) is 1. The number of nitrogens with zero attached hydrogens (tertiary/aromatic N) is 4. The first-order chi connectivity index (χ1) is 8.56. The van der Waals surface area contributed by atoms with Gasteiger partial charge in [0.2, 0.25) is 5.95 Å². The number of halogens is 1. The van der Waals surface area contributed by atoms with E-state index in [1.165, 1.54) is 0 Å². The average molecular weight is 266 g/mol. The van der Waals surface area contributed by atoms with E-state index in [1.54, 1.807) is 23.3 Å². The molecule has 96 valence electrons. The molecule has 0 amide bonds. The largest absolute Gasteiger partial charge is 0.310 e. The molecular weight excluding hydrogens is 250 g/mol. The first kappa shape index (κ1) is 13.0. The normalized spacial score (nSPS) is 11.2. The fourth-order valence-corrected chi connectivity index (χ4v) is 1.55. The smallest absolute Gasteiger partial charge is 0.250 e. The summed E-state index contributed by atoms with van der Waals surface area (Å²) in [5.74, 6) is 0.526. The lowest BCUT2D eigenvalue weighted by molar-refractivity contribution is 0.586.